The lowest BCUT2D eigenvalue weighted by atomic mass is 9.83. The van der Waals surface area contributed by atoms with Gasteiger partial charge in [0.05, 0.1) is 23.6 Å². The fourth-order valence-corrected chi connectivity index (χ4v) is 5.82. The van der Waals surface area contributed by atoms with E-state index in [1.807, 2.05) is 41.4 Å². The van der Waals surface area contributed by atoms with Gasteiger partial charge in [-0.1, -0.05) is 53.5 Å². The Morgan fingerprint density at radius 2 is 1.53 bits per heavy atom. The first-order valence-corrected chi connectivity index (χ1v) is 11.7. The molecule has 0 aliphatic carbocycles. The van der Waals surface area contributed by atoms with Gasteiger partial charge in [0.1, 0.15) is 6.04 Å². The van der Waals surface area contributed by atoms with E-state index in [9.17, 15) is 14.4 Å². The highest BCUT2D eigenvalue weighted by molar-refractivity contribution is 6.32. The van der Waals surface area contributed by atoms with Gasteiger partial charge in [-0.3, -0.25) is 14.4 Å². The number of ketones is 1. The minimum absolute atomic E-state index is 0.215. The first-order valence-electron chi connectivity index (χ1n) is 10.9. The maximum atomic E-state index is 13.8. The highest BCUT2D eigenvalue weighted by Gasteiger charge is 2.64. The van der Waals surface area contributed by atoms with E-state index in [0.717, 1.165) is 11.1 Å². The van der Waals surface area contributed by atoms with Gasteiger partial charge in [0.25, 0.3) is 0 Å². The second-order valence-electron chi connectivity index (χ2n) is 8.70. The number of carbonyl (C=O) groups is 3. The Bertz CT molecular complexity index is 1380. The van der Waals surface area contributed by atoms with Gasteiger partial charge in [0.2, 0.25) is 11.8 Å². The average molecular weight is 489 g/mol. The van der Waals surface area contributed by atoms with Crippen LogP contribution in [-0.2, 0) is 9.59 Å². The van der Waals surface area contributed by atoms with Crippen LogP contribution in [0.1, 0.15) is 27.5 Å². The van der Waals surface area contributed by atoms with Gasteiger partial charge >= 0.3 is 0 Å². The number of fused-ring (bicyclic) bond motifs is 5. The van der Waals surface area contributed by atoms with Gasteiger partial charge in [-0.05, 0) is 59.7 Å². The molecule has 168 valence electrons. The molecule has 34 heavy (non-hydrogen) atoms. The fourth-order valence-electron chi connectivity index (χ4n) is 5.51. The third-order valence-corrected chi connectivity index (χ3v) is 7.41. The van der Waals surface area contributed by atoms with Gasteiger partial charge in [-0.25, -0.2) is 4.90 Å². The fraction of sp³-hybridized carbons (Fsp3) is 0.148. The normalized spacial score (nSPS) is 24.8. The number of halogens is 2. The van der Waals surface area contributed by atoms with E-state index in [1.54, 1.807) is 48.5 Å². The van der Waals surface area contributed by atoms with E-state index in [1.165, 1.54) is 4.90 Å². The third-order valence-electron chi connectivity index (χ3n) is 6.93. The lowest BCUT2D eigenvalue weighted by Crippen LogP contribution is -2.44. The van der Waals surface area contributed by atoms with E-state index in [0.29, 0.717) is 21.3 Å². The van der Waals surface area contributed by atoms with Crippen molar-refractivity contribution >= 4 is 52.6 Å². The molecule has 4 atom stereocenters. The summed E-state index contributed by atoms with van der Waals surface area (Å²) < 4.78 is 0. The molecular weight excluding hydrogens is 471 g/mol. The molecule has 3 aromatic carbocycles. The number of Topliss-reactive ketones (excluding diaryl/α,β-unsaturated/α-hetero) is 1. The number of amides is 2. The second kappa shape index (κ2) is 7.83. The number of hydrogen-bond acceptors (Lipinski definition) is 4. The standard InChI is InChI=1S/C27H18Cl2N2O3/c28-17-10-8-16(9-11-17)25(32)24-22-21(23-20-7-2-1-4-15(20)12-13-30(23)24)26(33)31(27(22)34)19-6-3-5-18(29)14-19/h1-14,21-24H/t21-,22+,23+,24-/m0/s1. The van der Waals surface area contributed by atoms with E-state index < -0.39 is 23.9 Å². The van der Waals surface area contributed by atoms with Crippen LogP contribution < -0.4 is 4.90 Å². The molecule has 3 aromatic rings. The van der Waals surface area contributed by atoms with Crippen molar-refractivity contribution in [3.63, 3.8) is 0 Å². The number of imide groups is 1. The van der Waals surface area contributed by atoms with Crippen LogP contribution in [0.25, 0.3) is 6.08 Å². The van der Waals surface area contributed by atoms with Crippen molar-refractivity contribution < 1.29 is 14.4 Å². The Morgan fingerprint density at radius 1 is 0.794 bits per heavy atom. The number of hydrogen-bond donors (Lipinski definition) is 0. The summed E-state index contributed by atoms with van der Waals surface area (Å²) in [5, 5.41) is 0.946. The predicted molar refractivity (Wildman–Crippen MR) is 131 cm³/mol. The zero-order chi connectivity index (χ0) is 23.6. The molecule has 0 bridgehead atoms. The molecule has 0 saturated carbocycles. The smallest absolute Gasteiger partial charge is 0.240 e. The SMILES string of the molecule is O=C(c1ccc(Cl)cc1)[C@@H]1[C@@H]2C(=O)N(c3cccc(Cl)c3)C(=O)[C@@H]2[C@H]2c3ccccc3C=CN12. The lowest BCUT2D eigenvalue weighted by molar-refractivity contribution is -0.123. The Hall–Kier alpha value is -3.41. The first kappa shape index (κ1) is 21.1. The maximum Gasteiger partial charge on any atom is 0.240 e. The summed E-state index contributed by atoms with van der Waals surface area (Å²) in [4.78, 5) is 44.5. The van der Waals surface area contributed by atoms with Crippen molar-refractivity contribution in [2.45, 2.75) is 12.1 Å². The summed E-state index contributed by atoms with van der Waals surface area (Å²) in [5.74, 6) is -2.43. The Kier molecular flexibility index (Phi) is 4.87. The summed E-state index contributed by atoms with van der Waals surface area (Å²) >= 11 is 12.2. The van der Waals surface area contributed by atoms with Crippen molar-refractivity contribution in [1.82, 2.24) is 4.90 Å². The van der Waals surface area contributed by atoms with Crippen molar-refractivity contribution in [2.24, 2.45) is 11.8 Å². The van der Waals surface area contributed by atoms with Crippen LogP contribution in [0.2, 0.25) is 10.0 Å². The van der Waals surface area contributed by atoms with Crippen LogP contribution in [0.15, 0.2) is 79.0 Å². The van der Waals surface area contributed by atoms with E-state index in [2.05, 4.69) is 0 Å². The number of anilines is 1. The number of rotatable bonds is 3. The van der Waals surface area contributed by atoms with Crippen LogP contribution in [-0.4, -0.2) is 28.5 Å². The second-order valence-corrected chi connectivity index (χ2v) is 9.57. The summed E-state index contributed by atoms with van der Waals surface area (Å²) in [6, 6.07) is 19.8. The molecule has 0 aromatic heterocycles. The molecule has 3 heterocycles. The van der Waals surface area contributed by atoms with Crippen molar-refractivity contribution in [3.05, 3.63) is 106 Å². The minimum atomic E-state index is -0.824. The van der Waals surface area contributed by atoms with Gasteiger partial charge in [0, 0.05) is 21.8 Å². The van der Waals surface area contributed by atoms with Crippen LogP contribution in [0.4, 0.5) is 5.69 Å². The molecular formula is C27H18Cl2N2O3. The quantitative estimate of drug-likeness (QED) is 0.366. The molecule has 5 nitrogen and oxygen atoms in total. The molecule has 3 aliphatic rings. The zero-order valence-electron chi connectivity index (χ0n) is 17.8. The Labute approximate surface area is 206 Å². The van der Waals surface area contributed by atoms with Crippen LogP contribution in [0.5, 0.6) is 0 Å². The molecule has 7 heteroatoms. The summed E-state index contributed by atoms with van der Waals surface area (Å²) in [5.41, 5.74) is 2.77. The van der Waals surface area contributed by atoms with Crippen molar-refractivity contribution in [2.75, 3.05) is 4.90 Å². The average Bonchev–Trinajstić information content (AvgIpc) is 3.31. The zero-order valence-corrected chi connectivity index (χ0v) is 19.3. The number of carbonyl (C=O) groups excluding carboxylic acids is 3. The Morgan fingerprint density at radius 3 is 2.29 bits per heavy atom. The van der Waals surface area contributed by atoms with Crippen LogP contribution in [0, 0.1) is 11.8 Å². The topological polar surface area (TPSA) is 57.7 Å². The summed E-state index contributed by atoms with van der Waals surface area (Å²) in [6.07, 6.45) is 3.77. The molecule has 6 rings (SSSR count). The molecule has 2 fully saturated rings. The monoisotopic (exact) mass is 488 g/mol. The lowest BCUT2D eigenvalue weighted by Gasteiger charge is -2.35. The minimum Gasteiger partial charge on any atom is -0.358 e. The highest BCUT2D eigenvalue weighted by atomic mass is 35.5. The number of benzene rings is 3. The molecule has 0 spiro atoms. The molecule has 3 aliphatic heterocycles. The molecule has 0 N–H and O–H groups in total. The maximum absolute atomic E-state index is 13.8. The predicted octanol–water partition coefficient (Wildman–Crippen LogP) is 5.39. The van der Waals surface area contributed by atoms with E-state index in [4.69, 9.17) is 23.2 Å². The van der Waals surface area contributed by atoms with Crippen molar-refractivity contribution in [1.29, 1.82) is 0 Å². The highest BCUT2D eigenvalue weighted by Crippen LogP contribution is 2.53. The third kappa shape index (κ3) is 3.04. The van der Waals surface area contributed by atoms with Crippen molar-refractivity contribution in [3.8, 4) is 0 Å². The van der Waals surface area contributed by atoms with Crippen LogP contribution >= 0.6 is 23.2 Å². The van der Waals surface area contributed by atoms with Gasteiger partial charge in [0.15, 0.2) is 5.78 Å². The van der Waals surface area contributed by atoms with E-state index >= 15 is 0 Å². The van der Waals surface area contributed by atoms with Gasteiger partial charge < -0.3 is 4.90 Å². The van der Waals surface area contributed by atoms with Gasteiger partial charge in [-0.15, -0.1) is 0 Å². The summed E-state index contributed by atoms with van der Waals surface area (Å²) in [7, 11) is 0. The molecule has 2 amide bonds. The Balaban J connectivity index is 1.50. The number of nitrogens with zero attached hydrogens (tertiary/aromatic N) is 2. The molecule has 2 saturated heterocycles. The van der Waals surface area contributed by atoms with Crippen LogP contribution in [0.3, 0.4) is 0 Å². The summed E-state index contributed by atoms with van der Waals surface area (Å²) in [6.45, 7) is 0. The van der Waals surface area contributed by atoms with E-state index in [-0.39, 0.29) is 17.6 Å². The molecule has 0 radical (unpaired) electrons. The molecule has 0 unspecified atom stereocenters. The van der Waals surface area contributed by atoms with Gasteiger partial charge in [-0.2, -0.15) is 0 Å². The largest absolute Gasteiger partial charge is 0.358 e. The first-order chi connectivity index (χ1) is 16.5.